The van der Waals surface area contributed by atoms with E-state index in [9.17, 15) is 0 Å². The van der Waals surface area contributed by atoms with Gasteiger partial charge in [0.05, 0.1) is 6.61 Å². The van der Waals surface area contributed by atoms with E-state index in [1.54, 1.807) is 0 Å². The summed E-state index contributed by atoms with van der Waals surface area (Å²) in [5.41, 5.74) is 1.34. The number of rotatable bonds is 9. The van der Waals surface area contributed by atoms with Gasteiger partial charge in [-0.3, -0.25) is 0 Å². The normalized spacial score (nSPS) is 12.7. The zero-order chi connectivity index (χ0) is 14.1. The van der Waals surface area contributed by atoms with Gasteiger partial charge >= 0.3 is 0 Å². The summed E-state index contributed by atoms with van der Waals surface area (Å²) in [5.74, 6) is 1.63. The third kappa shape index (κ3) is 6.11. The molecule has 1 aromatic carbocycles. The lowest BCUT2D eigenvalue weighted by atomic mass is 9.98. The number of hydrogen-bond acceptors (Lipinski definition) is 2. The van der Waals surface area contributed by atoms with E-state index in [0.29, 0.717) is 12.0 Å². The lowest BCUT2D eigenvalue weighted by Gasteiger charge is -2.15. The molecule has 19 heavy (non-hydrogen) atoms. The average Bonchev–Trinajstić information content (AvgIpc) is 2.42. The monoisotopic (exact) mass is 263 g/mol. The highest BCUT2D eigenvalue weighted by Crippen LogP contribution is 2.28. The molecule has 0 fully saturated rings. The van der Waals surface area contributed by atoms with Gasteiger partial charge in [0.25, 0.3) is 0 Å². The summed E-state index contributed by atoms with van der Waals surface area (Å²) >= 11 is 0. The molecule has 1 rings (SSSR count). The lowest BCUT2D eigenvalue weighted by Crippen LogP contribution is -2.23. The zero-order valence-electron chi connectivity index (χ0n) is 12.9. The molecule has 0 aromatic heterocycles. The second-order valence-electron chi connectivity index (χ2n) is 5.51. The summed E-state index contributed by atoms with van der Waals surface area (Å²) in [5, 5.41) is 3.43. The quantitative estimate of drug-likeness (QED) is 0.668. The largest absolute Gasteiger partial charge is 0.493 e. The first-order chi connectivity index (χ1) is 9.15. The highest BCUT2D eigenvalue weighted by molar-refractivity contribution is 5.35. The summed E-state index contributed by atoms with van der Waals surface area (Å²) in [7, 11) is 0. The molecule has 2 nitrogen and oxygen atoms in total. The Morgan fingerprint density at radius 3 is 2.53 bits per heavy atom. The van der Waals surface area contributed by atoms with Gasteiger partial charge in [0.1, 0.15) is 5.75 Å². The van der Waals surface area contributed by atoms with Gasteiger partial charge in [0.2, 0.25) is 0 Å². The van der Waals surface area contributed by atoms with Gasteiger partial charge in [-0.1, -0.05) is 45.9 Å². The van der Waals surface area contributed by atoms with Gasteiger partial charge in [-0.2, -0.15) is 0 Å². The second-order valence-corrected chi connectivity index (χ2v) is 5.51. The van der Waals surface area contributed by atoms with Crippen molar-refractivity contribution in [3.8, 4) is 5.75 Å². The molecule has 0 bridgehead atoms. The number of nitrogens with one attached hydrogen (secondary N) is 1. The summed E-state index contributed by atoms with van der Waals surface area (Å²) < 4.78 is 5.94. The van der Waals surface area contributed by atoms with E-state index in [1.807, 2.05) is 0 Å². The van der Waals surface area contributed by atoms with Crippen LogP contribution in [0.1, 0.15) is 58.4 Å². The van der Waals surface area contributed by atoms with Gasteiger partial charge < -0.3 is 10.1 Å². The van der Waals surface area contributed by atoms with Gasteiger partial charge in [-0.15, -0.1) is 0 Å². The van der Waals surface area contributed by atoms with Crippen LogP contribution in [0.5, 0.6) is 5.75 Å². The maximum Gasteiger partial charge on any atom is 0.122 e. The molecule has 0 aliphatic carbocycles. The van der Waals surface area contributed by atoms with Crippen molar-refractivity contribution in [2.45, 2.75) is 58.9 Å². The van der Waals surface area contributed by atoms with E-state index in [4.69, 9.17) is 4.74 Å². The molecule has 0 spiro atoms. The molecule has 0 aliphatic rings. The van der Waals surface area contributed by atoms with Crippen molar-refractivity contribution in [1.29, 1.82) is 0 Å². The van der Waals surface area contributed by atoms with Crippen LogP contribution in [0.15, 0.2) is 24.3 Å². The summed E-state index contributed by atoms with van der Waals surface area (Å²) in [6.45, 7) is 10.7. The molecule has 0 saturated carbocycles. The fourth-order valence-electron chi connectivity index (χ4n) is 2.04. The first-order valence-corrected chi connectivity index (χ1v) is 7.60. The Labute approximate surface area is 118 Å². The summed E-state index contributed by atoms with van der Waals surface area (Å²) in [4.78, 5) is 0. The van der Waals surface area contributed by atoms with E-state index in [0.717, 1.165) is 31.7 Å². The number of para-hydroxylation sites is 1. The minimum Gasteiger partial charge on any atom is -0.493 e. The zero-order valence-corrected chi connectivity index (χ0v) is 12.9. The van der Waals surface area contributed by atoms with Crippen molar-refractivity contribution in [2.75, 3.05) is 13.2 Å². The summed E-state index contributed by atoms with van der Waals surface area (Å²) in [6.07, 6.45) is 3.43. The van der Waals surface area contributed by atoms with Crippen LogP contribution in [-0.2, 0) is 0 Å². The third-order valence-corrected chi connectivity index (χ3v) is 3.44. The molecule has 2 heteroatoms. The van der Waals surface area contributed by atoms with E-state index < -0.39 is 0 Å². The number of unbranched alkanes of at least 4 members (excludes halogenated alkanes) is 1. The maximum atomic E-state index is 5.94. The standard InChI is InChI=1S/C17H29NO/c1-5-15(4)16-10-6-7-11-17(16)19-13-9-8-12-18-14(2)3/h6-7,10-11,14-15,18H,5,8-9,12-13H2,1-4H3. The van der Waals surface area contributed by atoms with Crippen LogP contribution in [0.2, 0.25) is 0 Å². The SMILES string of the molecule is CCC(C)c1ccccc1OCCCCNC(C)C. The molecule has 0 heterocycles. The predicted molar refractivity (Wildman–Crippen MR) is 83.0 cm³/mol. The highest BCUT2D eigenvalue weighted by Gasteiger charge is 2.08. The first-order valence-electron chi connectivity index (χ1n) is 7.60. The fourth-order valence-corrected chi connectivity index (χ4v) is 2.04. The third-order valence-electron chi connectivity index (χ3n) is 3.44. The minimum atomic E-state index is 0.568. The predicted octanol–water partition coefficient (Wildman–Crippen LogP) is 4.36. The molecule has 0 aliphatic heterocycles. The van der Waals surface area contributed by atoms with E-state index >= 15 is 0 Å². The Hall–Kier alpha value is -1.02. The Kier molecular flexibility index (Phi) is 7.57. The Morgan fingerprint density at radius 2 is 1.84 bits per heavy atom. The van der Waals surface area contributed by atoms with Crippen molar-refractivity contribution in [2.24, 2.45) is 0 Å². The van der Waals surface area contributed by atoms with E-state index in [-0.39, 0.29) is 0 Å². The molecular formula is C17H29NO. The van der Waals surface area contributed by atoms with E-state index in [2.05, 4.69) is 57.3 Å². The van der Waals surface area contributed by atoms with Crippen LogP contribution >= 0.6 is 0 Å². The smallest absolute Gasteiger partial charge is 0.122 e. The number of ether oxygens (including phenoxy) is 1. The van der Waals surface area contributed by atoms with Gasteiger partial charge in [0.15, 0.2) is 0 Å². The maximum absolute atomic E-state index is 5.94. The van der Waals surface area contributed by atoms with Crippen LogP contribution in [-0.4, -0.2) is 19.2 Å². The van der Waals surface area contributed by atoms with Crippen molar-refractivity contribution in [1.82, 2.24) is 5.32 Å². The van der Waals surface area contributed by atoms with Gasteiger partial charge in [0, 0.05) is 6.04 Å². The molecule has 1 atom stereocenters. The van der Waals surface area contributed by atoms with Crippen LogP contribution in [0.3, 0.4) is 0 Å². The van der Waals surface area contributed by atoms with Gasteiger partial charge in [-0.25, -0.2) is 0 Å². The summed E-state index contributed by atoms with van der Waals surface area (Å²) in [6, 6.07) is 9.01. The average molecular weight is 263 g/mol. The Bertz CT molecular complexity index is 349. The van der Waals surface area contributed by atoms with Crippen molar-refractivity contribution < 1.29 is 4.74 Å². The topological polar surface area (TPSA) is 21.3 Å². The number of benzene rings is 1. The molecule has 0 amide bonds. The van der Waals surface area contributed by atoms with Gasteiger partial charge in [-0.05, 0) is 43.4 Å². The second kappa shape index (κ2) is 8.98. The molecule has 1 N–H and O–H groups in total. The molecule has 0 saturated heterocycles. The fraction of sp³-hybridized carbons (Fsp3) is 0.647. The van der Waals surface area contributed by atoms with Crippen LogP contribution < -0.4 is 10.1 Å². The van der Waals surface area contributed by atoms with Crippen molar-refractivity contribution in [3.63, 3.8) is 0 Å². The number of hydrogen-bond donors (Lipinski definition) is 1. The highest BCUT2D eigenvalue weighted by atomic mass is 16.5. The van der Waals surface area contributed by atoms with Crippen LogP contribution in [0.4, 0.5) is 0 Å². The lowest BCUT2D eigenvalue weighted by molar-refractivity contribution is 0.300. The minimum absolute atomic E-state index is 0.568. The Morgan fingerprint density at radius 1 is 1.11 bits per heavy atom. The molecule has 1 aromatic rings. The molecule has 1 unspecified atom stereocenters. The molecular weight excluding hydrogens is 234 g/mol. The van der Waals surface area contributed by atoms with E-state index in [1.165, 1.54) is 12.0 Å². The molecule has 108 valence electrons. The van der Waals surface area contributed by atoms with Crippen LogP contribution in [0.25, 0.3) is 0 Å². The molecule has 0 radical (unpaired) electrons. The first kappa shape index (κ1) is 16.0. The van der Waals surface area contributed by atoms with Crippen LogP contribution in [0, 0.1) is 0 Å². The van der Waals surface area contributed by atoms with Crippen molar-refractivity contribution >= 4 is 0 Å². The van der Waals surface area contributed by atoms with Crippen molar-refractivity contribution in [3.05, 3.63) is 29.8 Å². The Balaban J connectivity index is 2.33.